The second-order valence-corrected chi connectivity index (χ2v) is 7.43. The molecule has 4 aromatic rings. The lowest BCUT2D eigenvalue weighted by atomic mass is 10.1. The zero-order valence-corrected chi connectivity index (χ0v) is 19.0. The van der Waals surface area contributed by atoms with Crippen LogP contribution in [-0.4, -0.2) is 53.3 Å². The van der Waals surface area contributed by atoms with Crippen molar-refractivity contribution in [2.75, 3.05) is 21.3 Å². The van der Waals surface area contributed by atoms with Crippen LogP contribution in [0.1, 0.15) is 29.9 Å². The van der Waals surface area contributed by atoms with Gasteiger partial charge in [0, 0.05) is 29.0 Å². The fraction of sp³-hybridized carbons (Fsp3) is 0.304. The van der Waals surface area contributed by atoms with Crippen LogP contribution < -0.4 is 14.2 Å². The predicted octanol–water partition coefficient (Wildman–Crippen LogP) is 4.03. The number of nitrogens with zero attached hydrogens (tertiary/aromatic N) is 3. The van der Waals surface area contributed by atoms with E-state index < -0.39 is 5.97 Å². The molecule has 0 aliphatic carbocycles. The van der Waals surface area contributed by atoms with Gasteiger partial charge in [-0.05, 0) is 32.0 Å². The van der Waals surface area contributed by atoms with Gasteiger partial charge in [-0.15, -0.1) is 0 Å². The van der Waals surface area contributed by atoms with Crippen LogP contribution in [0.15, 0.2) is 30.5 Å². The van der Waals surface area contributed by atoms with Crippen LogP contribution in [0.3, 0.4) is 0 Å². The van der Waals surface area contributed by atoms with Crippen molar-refractivity contribution >= 4 is 27.8 Å². The summed E-state index contributed by atoms with van der Waals surface area (Å²) in [5.41, 5.74) is 2.47. The molecule has 0 saturated heterocycles. The van der Waals surface area contributed by atoms with E-state index in [0.717, 1.165) is 21.8 Å². The highest BCUT2D eigenvalue weighted by atomic mass is 16.5. The Hall–Kier alpha value is -3.92. The minimum absolute atomic E-state index is 0.124. The number of esters is 1. The number of hydrogen-bond donors (Lipinski definition) is 1. The second kappa shape index (κ2) is 9.29. The average Bonchev–Trinajstić information content (AvgIpc) is 3.17. The normalized spacial score (nSPS) is 11.2. The number of ether oxygens (including phenoxy) is 5. The van der Waals surface area contributed by atoms with E-state index in [1.54, 1.807) is 39.3 Å². The van der Waals surface area contributed by atoms with Crippen LogP contribution in [0.5, 0.6) is 23.5 Å². The van der Waals surface area contributed by atoms with Crippen molar-refractivity contribution in [3.63, 3.8) is 0 Å². The summed E-state index contributed by atoms with van der Waals surface area (Å²) in [5, 5.41) is 1.64. The van der Waals surface area contributed by atoms with Gasteiger partial charge in [-0.3, -0.25) is 0 Å². The third-order valence-electron chi connectivity index (χ3n) is 4.81. The Balaban J connectivity index is 1.82. The molecule has 0 unspecified atom stereocenters. The van der Waals surface area contributed by atoms with Gasteiger partial charge in [0.2, 0.25) is 11.8 Å². The number of carbonyl (C=O) groups is 1. The standard InChI is InChI=1S/C23H24N4O6/c1-12(2)32-22(28)21-15(11-29-3)20-14-8-13(6-7-16(14)25-17(20)10-24-21)33-19-9-18(30-4)26-23(27-19)31-5/h6-10,12,25H,11H2,1-5H3. The average molecular weight is 452 g/mol. The summed E-state index contributed by atoms with van der Waals surface area (Å²) in [5.74, 6) is 0.600. The number of hydrogen-bond acceptors (Lipinski definition) is 9. The molecule has 33 heavy (non-hydrogen) atoms. The number of nitrogens with one attached hydrogen (secondary N) is 1. The Morgan fingerprint density at radius 3 is 2.52 bits per heavy atom. The topological polar surface area (TPSA) is 118 Å². The monoisotopic (exact) mass is 452 g/mol. The number of aromatic amines is 1. The fourth-order valence-corrected chi connectivity index (χ4v) is 3.49. The number of aromatic nitrogens is 4. The molecule has 3 aromatic heterocycles. The molecule has 0 spiro atoms. The van der Waals surface area contributed by atoms with Crippen LogP contribution in [0.2, 0.25) is 0 Å². The van der Waals surface area contributed by atoms with Gasteiger partial charge >= 0.3 is 12.0 Å². The summed E-state index contributed by atoms with van der Waals surface area (Å²) < 4.78 is 27.0. The van der Waals surface area contributed by atoms with Gasteiger partial charge in [0.15, 0.2) is 5.69 Å². The minimum atomic E-state index is -0.499. The third-order valence-corrected chi connectivity index (χ3v) is 4.81. The number of rotatable bonds is 8. The molecule has 10 heteroatoms. The Morgan fingerprint density at radius 2 is 1.82 bits per heavy atom. The van der Waals surface area contributed by atoms with E-state index in [9.17, 15) is 4.79 Å². The molecule has 0 atom stereocenters. The molecule has 4 rings (SSSR count). The Kier molecular flexibility index (Phi) is 6.27. The van der Waals surface area contributed by atoms with Crippen LogP contribution in [-0.2, 0) is 16.1 Å². The highest BCUT2D eigenvalue weighted by Gasteiger charge is 2.21. The summed E-state index contributed by atoms with van der Waals surface area (Å²) in [6.07, 6.45) is 1.35. The highest BCUT2D eigenvalue weighted by molar-refractivity contribution is 6.11. The Morgan fingerprint density at radius 1 is 1.03 bits per heavy atom. The molecule has 0 aliphatic heterocycles. The Bertz CT molecular complexity index is 1300. The van der Waals surface area contributed by atoms with Crippen molar-refractivity contribution in [3.05, 3.63) is 41.7 Å². The van der Waals surface area contributed by atoms with E-state index in [4.69, 9.17) is 23.7 Å². The molecule has 0 radical (unpaired) electrons. The highest BCUT2D eigenvalue weighted by Crippen LogP contribution is 2.34. The lowest BCUT2D eigenvalue weighted by molar-refractivity contribution is 0.0366. The van der Waals surface area contributed by atoms with Gasteiger partial charge in [-0.25, -0.2) is 9.78 Å². The fourth-order valence-electron chi connectivity index (χ4n) is 3.49. The van der Waals surface area contributed by atoms with Crippen molar-refractivity contribution in [3.8, 4) is 23.5 Å². The molecular formula is C23H24N4O6. The number of benzene rings is 1. The molecule has 0 amide bonds. The summed E-state index contributed by atoms with van der Waals surface area (Å²) in [4.78, 5) is 28.6. The molecule has 0 bridgehead atoms. The van der Waals surface area contributed by atoms with Gasteiger partial charge < -0.3 is 28.7 Å². The van der Waals surface area contributed by atoms with E-state index in [1.165, 1.54) is 14.2 Å². The molecule has 3 heterocycles. The SMILES string of the molecule is COCc1c(C(=O)OC(C)C)ncc2[nH]c3ccc(Oc4cc(OC)nc(OC)n4)cc3c12. The van der Waals surface area contributed by atoms with Crippen molar-refractivity contribution in [1.29, 1.82) is 0 Å². The van der Waals surface area contributed by atoms with E-state index in [0.29, 0.717) is 17.2 Å². The molecule has 1 aromatic carbocycles. The number of pyridine rings is 1. The van der Waals surface area contributed by atoms with Crippen LogP contribution in [0.4, 0.5) is 0 Å². The predicted molar refractivity (Wildman–Crippen MR) is 120 cm³/mol. The third kappa shape index (κ3) is 4.51. The Labute approximate surface area is 189 Å². The van der Waals surface area contributed by atoms with Crippen LogP contribution in [0, 0.1) is 0 Å². The zero-order chi connectivity index (χ0) is 23.5. The largest absolute Gasteiger partial charge is 0.481 e. The smallest absolute Gasteiger partial charge is 0.357 e. The maximum Gasteiger partial charge on any atom is 0.357 e. The summed E-state index contributed by atoms with van der Waals surface area (Å²) in [6, 6.07) is 7.21. The molecule has 0 fully saturated rings. The molecule has 1 N–H and O–H groups in total. The first-order chi connectivity index (χ1) is 15.9. The summed E-state index contributed by atoms with van der Waals surface area (Å²) in [7, 11) is 4.52. The molecular weight excluding hydrogens is 428 g/mol. The van der Waals surface area contributed by atoms with Crippen molar-refractivity contribution in [2.24, 2.45) is 0 Å². The van der Waals surface area contributed by atoms with Gasteiger partial charge in [-0.1, -0.05) is 0 Å². The maximum atomic E-state index is 12.7. The van der Waals surface area contributed by atoms with Gasteiger partial charge in [0.25, 0.3) is 0 Å². The van der Waals surface area contributed by atoms with Crippen molar-refractivity contribution in [1.82, 2.24) is 19.9 Å². The van der Waals surface area contributed by atoms with Crippen LogP contribution >= 0.6 is 0 Å². The van der Waals surface area contributed by atoms with Crippen molar-refractivity contribution in [2.45, 2.75) is 26.6 Å². The molecule has 172 valence electrons. The van der Waals surface area contributed by atoms with E-state index in [-0.39, 0.29) is 30.3 Å². The molecule has 10 nitrogen and oxygen atoms in total. The lowest BCUT2D eigenvalue weighted by Gasteiger charge is -2.12. The van der Waals surface area contributed by atoms with E-state index in [1.807, 2.05) is 12.1 Å². The van der Waals surface area contributed by atoms with E-state index >= 15 is 0 Å². The zero-order valence-electron chi connectivity index (χ0n) is 19.0. The maximum absolute atomic E-state index is 12.7. The number of carbonyl (C=O) groups excluding carboxylic acids is 1. The molecule has 0 aliphatic rings. The van der Waals surface area contributed by atoms with Gasteiger partial charge in [0.1, 0.15) is 5.75 Å². The van der Waals surface area contributed by atoms with Crippen molar-refractivity contribution < 1.29 is 28.5 Å². The number of H-pyrrole nitrogens is 1. The first kappa shape index (κ1) is 22.3. The number of methoxy groups -OCH3 is 3. The quantitative estimate of drug-likeness (QED) is 0.395. The van der Waals surface area contributed by atoms with Gasteiger partial charge in [-0.2, -0.15) is 9.97 Å². The molecule has 0 saturated carbocycles. The summed E-state index contributed by atoms with van der Waals surface area (Å²) in [6.45, 7) is 3.77. The van der Waals surface area contributed by atoms with Crippen LogP contribution in [0.25, 0.3) is 21.8 Å². The van der Waals surface area contributed by atoms with Gasteiger partial charge in [0.05, 0.1) is 44.7 Å². The van der Waals surface area contributed by atoms with E-state index in [2.05, 4.69) is 19.9 Å². The number of fused-ring (bicyclic) bond motifs is 3. The second-order valence-electron chi connectivity index (χ2n) is 7.43. The first-order valence-electron chi connectivity index (χ1n) is 10.2. The first-order valence-corrected chi connectivity index (χ1v) is 10.2. The minimum Gasteiger partial charge on any atom is -0.481 e. The lowest BCUT2D eigenvalue weighted by Crippen LogP contribution is -2.15. The summed E-state index contributed by atoms with van der Waals surface area (Å²) >= 11 is 0.